The van der Waals surface area contributed by atoms with Crippen LogP contribution in [0.5, 0.6) is 0 Å². The van der Waals surface area contributed by atoms with E-state index in [2.05, 4.69) is 166 Å². The Morgan fingerprint density at radius 2 is 0.913 bits per heavy atom. The Bertz CT molecular complexity index is 1660. The second-order valence-electron chi connectivity index (χ2n) is 15.9. The van der Waals surface area contributed by atoms with Crippen LogP contribution in [0.3, 0.4) is 0 Å². The minimum atomic E-state index is -2.15. The summed E-state index contributed by atoms with van der Waals surface area (Å²) in [5.74, 6) is -0.924. The Labute approximate surface area is 288 Å². The van der Waals surface area contributed by atoms with Crippen molar-refractivity contribution in [3.63, 3.8) is 0 Å². The Morgan fingerprint density at radius 3 is 1.24 bits per heavy atom. The van der Waals surface area contributed by atoms with E-state index in [1.807, 2.05) is 0 Å². The number of rotatable bonds is 7. The molecule has 0 N–H and O–H groups in total. The van der Waals surface area contributed by atoms with E-state index in [0.29, 0.717) is 7.25 Å². The van der Waals surface area contributed by atoms with Crippen LogP contribution in [0.4, 0.5) is 0 Å². The van der Waals surface area contributed by atoms with Gasteiger partial charge in [0.05, 0.1) is 0 Å². The van der Waals surface area contributed by atoms with E-state index in [4.69, 9.17) is 0 Å². The summed E-state index contributed by atoms with van der Waals surface area (Å²) in [4.78, 5) is 0. The SMILES string of the molecule is CC[SiH](CC)[Zr]([CH]1C(C)=Cc2c(-c3ccc(C(C)(C)C)cc3)cccc21)[CH]1C(C)=Cc2c(-c3ccc(C(C)(C)C)cc3)cccc21. The molecule has 0 aliphatic heterocycles. The second kappa shape index (κ2) is 12.8. The zero-order valence-electron chi connectivity index (χ0n) is 29.9. The average molecular weight is 701 g/mol. The van der Waals surface area contributed by atoms with Gasteiger partial charge in [0.15, 0.2) is 0 Å². The summed E-state index contributed by atoms with van der Waals surface area (Å²) < 4.78 is 1.33. The van der Waals surface area contributed by atoms with E-state index in [9.17, 15) is 0 Å². The standard InChI is InChI=1S/2C20H21.C4H11Si.Zr/c2*1-14-12-16-6-5-7-18(19(16)13-14)15-8-10-17(11-9-15)20(2,3)4;1-3-5-4-2;/h2*5-13H,1-4H3;5H,3-4H2,1-2H3;. The quantitative estimate of drug-likeness (QED) is 0.168. The van der Waals surface area contributed by atoms with Crippen molar-refractivity contribution >= 4 is 18.1 Å². The first kappa shape index (κ1) is 33.4. The van der Waals surface area contributed by atoms with Gasteiger partial charge in [-0.25, -0.2) is 0 Å². The van der Waals surface area contributed by atoms with Crippen LogP contribution in [-0.4, -0.2) is 5.92 Å². The monoisotopic (exact) mass is 699 g/mol. The van der Waals surface area contributed by atoms with Gasteiger partial charge in [-0.3, -0.25) is 0 Å². The van der Waals surface area contributed by atoms with E-state index in [0.717, 1.165) is 0 Å². The Hall–Kier alpha value is -2.54. The molecule has 2 aliphatic rings. The van der Waals surface area contributed by atoms with Crippen LogP contribution in [0.25, 0.3) is 34.4 Å². The van der Waals surface area contributed by atoms with Crippen LogP contribution in [0.2, 0.25) is 12.1 Å². The number of fused-ring (bicyclic) bond motifs is 2. The van der Waals surface area contributed by atoms with Crippen LogP contribution in [0.1, 0.15) is 110 Å². The predicted octanol–water partition coefficient (Wildman–Crippen LogP) is 12.6. The van der Waals surface area contributed by atoms with Gasteiger partial charge in [0.25, 0.3) is 0 Å². The van der Waals surface area contributed by atoms with E-state index >= 15 is 0 Å². The first-order valence-electron chi connectivity index (χ1n) is 17.5. The molecule has 0 spiro atoms. The van der Waals surface area contributed by atoms with Gasteiger partial charge in [0.2, 0.25) is 0 Å². The van der Waals surface area contributed by atoms with Crippen molar-refractivity contribution in [1.82, 2.24) is 0 Å². The van der Waals surface area contributed by atoms with Gasteiger partial charge in [-0.05, 0) is 0 Å². The van der Waals surface area contributed by atoms with E-state index in [1.165, 1.54) is 56.6 Å². The first-order chi connectivity index (χ1) is 21.8. The maximum atomic E-state index is 2.59. The molecule has 0 radical (unpaired) electrons. The van der Waals surface area contributed by atoms with Crippen molar-refractivity contribution in [2.45, 2.75) is 99.4 Å². The molecule has 0 aromatic heterocycles. The van der Waals surface area contributed by atoms with Crippen molar-refractivity contribution < 1.29 is 20.9 Å². The van der Waals surface area contributed by atoms with Crippen LogP contribution in [-0.2, 0) is 31.7 Å². The molecular formula is C44H53SiZr. The normalized spacial score (nSPS) is 17.5. The number of allylic oxidation sites excluding steroid dienone is 2. The fourth-order valence-corrected chi connectivity index (χ4v) is 36.6. The van der Waals surface area contributed by atoms with Gasteiger partial charge in [0.1, 0.15) is 0 Å². The van der Waals surface area contributed by atoms with Gasteiger partial charge >= 0.3 is 290 Å². The zero-order valence-corrected chi connectivity index (χ0v) is 33.5. The molecule has 0 nitrogen and oxygen atoms in total. The number of hydrogen-bond acceptors (Lipinski definition) is 0. The van der Waals surface area contributed by atoms with Gasteiger partial charge < -0.3 is 0 Å². The third kappa shape index (κ3) is 6.10. The molecule has 2 unspecified atom stereocenters. The first-order valence-corrected chi connectivity index (χ1v) is 26.8. The van der Waals surface area contributed by atoms with Gasteiger partial charge in [-0.15, -0.1) is 0 Å². The molecule has 0 bridgehead atoms. The summed E-state index contributed by atoms with van der Waals surface area (Å²) in [6.45, 7) is 23.8. The average Bonchev–Trinajstić information content (AvgIpc) is 3.54. The predicted molar refractivity (Wildman–Crippen MR) is 202 cm³/mol. The molecule has 237 valence electrons. The van der Waals surface area contributed by atoms with Crippen LogP contribution >= 0.6 is 0 Å². The Balaban J connectivity index is 1.43. The fourth-order valence-electron chi connectivity index (χ4n) is 8.19. The van der Waals surface area contributed by atoms with Crippen molar-refractivity contribution in [3.05, 3.63) is 129 Å². The van der Waals surface area contributed by atoms with Crippen molar-refractivity contribution in [3.8, 4) is 22.3 Å². The molecule has 46 heavy (non-hydrogen) atoms. The summed E-state index contributed by atoms with van der Waals surface area (Å²) in [5.41, 5.74) is 18.2. The maximum absolute atomic E-state index is 2.59. The molecule has 0 amide bonds. The third-order valence-electron chi connectivity index (χ3n) is 10.8. The molecule has 2 heteroatoms. The fraction of sp³-hybridized carbons (Fsp3) is 0.364. The zero-order chi connectivity index (χ0) is 33.0. The van der Waals surface area contributed by atoms with Gasteiger partial charge in [-0.2, -0.15) is 0 Å². The van der Waals surface area contributed by atoms with Crippen molar-refractivity contribution in [2.75, 3.05) is 0 Å². The summed E-state index contributed by atoms with van der Waals surface area (Å²) in [6, 6.07) is 36.1. The van der Waals surface area contributed by atoms with Crippen molar-refractivity contribution in [2.24, 2.45) is 0 Å². The van der Waals surface area contributed by atoms with E-state index < -0.39 is 26.8 Å². The minimum absolute atomic E-state index is 0.165. The Kier molecular flexibility index (Phi) is 9.30. The van der Waals surface area contributed by atoms with Crippen molar-refractivity contribution in [1.29, 1.82) is 0 Å². The molecule has 0 saturated carbocycles. The summed E-state index contributed by atoms with van der Waals surface area (Å²) >= 11 is -2.15. The van der Waals surface area contributed by atoms with Gasteiger partial charge in [0, 0.05) is 0 Å². The summed E-state index contributed by atoms with van der Waals surface area (Å²) in [5, 5.41) is 0. The second-order valence-corrected chi connectivity index (χ2v) is 34.2. The molecule has 0 saturated heterocycles. The van der Waals surface area contributed by atoms with Crippen LogP contribution in [0, 0.1) is 0 Å². The molecule has 2 atom stereocenters. The topological polar surface area (TPSA) is 0 Å². The number of benzene rings is 4. The molecule has 0 fully saturated rings. The number of hydrogen-bond donors (Lipinski definition) is 0. The Morgan fingerprint density at radius 1 is 0.543 bits per heavy atom. The van der Waals surface area contributed by atoms with Crippen LogP contribution in [0.15, 0.2) is 96.1 Å². The molecule has 4 aromatic carbocycles. The van der Waals surface area contributed by atoms with Gasteiger partial charge in [-0.1, -0.05) is 0 Å². The summed E-state index contributed by atoms with van der Waals surface area (Å²) in [7, 11) is 0. The molecule has 0 heterocycles. The molecule has 4 aromatic rings. The third-order valence-corrected chi connectivity index (χ3v) is 37.7. The molecular weight excluding hydrogens is 648 g/mol. The van der Waals surface area contributed by atoms with Crippen LogP contribution < -0.4 is 0 Å². The molecule has 2 aliphatic carbocycles. The van der Waals surface area contributed by atoms with E-state index in [-0.39, 0.29) is 10.8 Å². The summed E-state index contributed by atoms with van der Waals surface area (Å²) in [6.07, 6.45) is 5.18. The molecule has 6 rings (SSSR count). The van der Waals surface area contributed by atoms with E-state index in [1.54, 1.807) is 22.3 Å².